The topological polar surface area (TPSA) is 65.1 Å². The van der Waals surface area contributed by atoms with Crippen LogP contribution >= 0.6 is 11.6 Å². The number of piperazine rings is 1. The fraction of sp³-hybridized carbons (Fsp3) is 0.600. The number of carbonyl (C=O) groups excluding carboxylic acids is 2. The smallest absolute Gasteiger partial charge is 0.236 e. The maximum atomic E-state index is 12.5. The van der Waals surface area contributed by atoms with Crippen LogP contribution in [0.1, 0.15) is 13.3 Å². The molecule has 0 bridgehead atoms. The normalized spacial score (nSPS) is 14.9. The molecule has 0 aromatic heterocycles. The zero-order valence-corrected chi connectivity index (χ0v) is 17.6. The quantitative estimate of drug-likeness (QED) is 0.630. The summed E-state index contributed by atoms with van der Waals surface area (Å²) in [6.07, 6.45) is 0.937. The largest absolute Gasteiger partial charge is 0.492 e. The third-order valence-corrected chi connectivity index (χ3v) is 4.88. The standard InChI is InChI=1S/C20H31ClN4O3/c1-3-8-22-19(26)15-24-9-11-25(12-10-24)20(27)16-23(2)13-14-28-18-6-4-17(21)5-7-18/h4-7H,3,8-16H2,1-2H3,(H,22,26). The molecule has 1 aliphatic rings. The molecule has 7 nitrogen and oxygen atoms in total. The Hall–Kier alpha value is -1.83. The van der Waals surface area contributed by atoms with Crippen LogP contribution in [-0.4, -0.2) is 92.5 Å². The van der Waals surface area contributed by atoms with E-state index in [-0.39, 0.29) is 11.8 Å². The van der Waals surface area contributed by atoms with Gasteiger partial charge < -0.3 is 15.0 Å². The first-order chi connectivity index (χ1) is 13.5. The van der Waals surface area contributed by atoms with Gasteiger partial charge in [-0.3, -0.25) is 19.4 Å². The number of benzene rings is 1. The Morgan fingerprint density at radius 3 is 2.50 bits per heavy atom. The van der Waals surface area contributed by atoms with E-state index in [4.69, 9.17) is 16.3 Å². The summed E-state index contributed by atoms with van der Waals surface area (Å²) in [7, 11) is 1.91. The van der Waals surface area contributed by atoms with Crippen LogP contribution in [0.15, 0.2) is 24.3 Å². The van der Waals surface area contributed by atoms with Crippen molar-refractivity contribution in [2.45, 2.75) is 13.3 Å². The highest BCUT2D eigenvalue weighted by Gasteiger charge is 2.22. The van der Waals surface area contributed by atoms with Crippen molar-refractivity contribution in [2.75, 3.05) is 66.0 Å². The molecular formula is C20H31ClN4O3. The van der Waals surface area contributed by atoms with Crippen molar-refractivity contribution in [1.29, 1.82) is 0 Å². The van der Waals surface area contributed by atoms with Gasteiger partial charge in [-0.05, 0) is 37.7 Å². The first-order valence-electron chi connectivity index (χ1n) is 9.81. The van der Waals surface area contributed by atoms with Crippen LogP contribution in [0.25, 0.3) is 0 Å². The predicted molar refractivity (Wildman–Crippen MR) is 111 cm³/mol. The first kappa shape index (κ1) is 22.5. The van der Waals surface area contributed by atoms with Crippen LogP contribution in [0, 0.1) is 0 Å². The number of hydrogen-bond donors (Lipinski definition) is 1. The van der Waals surface area contributed by atoms with Crippen LogP contribution in [0.2, 0.25) is 5.02 Å². The van der Waals surface area contributed by atoms with E-state index < -0.39 is 0 Å². The molecule has 2 amide bonds. The second-order valence-electron chi connectivity index (χ2n) is 7.05. The molecule has 0 radical (unpaired) electrons. The van der Waals surface area contributed by atoms with Gasteiger partial charge in [-0.1, -0.05) is 18.5 Å². The molecule has 0 unspecified atom stereocenters. The van der Waals surface area contributed by atoms with Gasteiger partial charge in [-0.2, -0.15) is 0 Å². The van der Waals surface area contributed by atoms with Gasteiger partial charge >= 0.3 is 0 Å². The number of rotatable bonds is 10. The minimum absolute atomic E-state index is 0.0575. The molecule has 1 aliphatic heterocycles. The van der Waals surface area contributed by atoms with Crippen molar-refractivity contribution >= 4 is 23.4 Å². The van der Waals surface area contributed by atoms with E-state index in [0.717, 1.165) is 25.3 Å². The third-order valence-electron chi connectivity index (χ3n) is 4.62. The van der Waals surface area contributed by atoms with E-state index in [1.54, 1.807) is 12.1 Å². The molecule has 2 rings (SSSR count). The Balaban J connectivity index is 1.62. The van der Waals surface area contributed by atoms with Gasteiger partial charge in [0.2, 0.25) is 11.8 Å². The van der Waals surface area contributed by atoms with E-state index in [0.29, 0.717) is 50.9 Å². The SMILES string of the molecule is CCCNC(=O)CN1CCN(C(=O)CN(C)CCOc2ccc(Cl)cc2)CC1. The summed E-state index contributed by atoms with van der Waals surface area (Å²) < 4.78 is 5.67. The second kappa shape index (κ2) is 11.9. The molecule has 0 spiro atoms. The number of nitrogens with zero attached hydrogens (tertiary/aromatic N) is 3. The van der Waals surface area contributed by atoms with Crippen molar-refractivity contribution < 1.29 is 14.3 Å². The maximum Gasteiger partial charge on any atom is 0.236 e. The molecule has 0 aliphatic carbocycles. The fourth-order valence-corrected chi connectivity index (χ4v) is 3.06. The molecule has 8 heteroatoms. The average Bonchev–Trinajstić information content (AvgIpc) is 2.68. The molecule has 0 saturated carbocycles. The van der Waals surface area contributed by atoms with Crippen molar-refractivity contribution in [1.82, 2.24) is 20.0 Å². The van der Waals surface area contributed by atoms with E-state index in [9.17, 15) is 9.59 Å². The van der Waals surface area contributed by atoms with Crippen LogP contribution in [0.3, 0.4) is 0 Å². The lowest BCUT2D eigenvalue weighted by molar-refractivity contribution is -0.134. The lowest BCUT2D eigenvalue weighted by Crippen LogP contribution is -2.52. The van der Waals surface area contributed by atoms with Gasteiger partial charge in [0, 0.05) is 44.3 Å². The molecule has 1 aromatic rings. The monoisotopic (exact) mass is 410 g/mol. The minimum Gasteiger partial charge on any atom is -0.492 e. The van der Waals surface area contributed by atoms with Gasteiger partial charge in [-0.15, -0.1) is 0 Å². The highest BCUT2D eigenvalue weighted by molar-refractivity contribution is 6.30. The Bertz CT molecular complexity index is 618. The molecule has 1 heterocycles. The number of carbonyl (C=O) groups is 2. The zero-order valence-electron chi connectivity index (χ0n) is 16.8. The Kier molecular flexibility index (Phi) is 9.54. The van der Waals surface area contributed by atoms with E-state index in [1.807, 2.05) is 35.9 Å². The van der Waals surface area contributed by atoms with E-state index in [1.165, 1.54) is 0 Å². The Labute approximate surface area is 172 Å². The zero-order chi connectivity index (χ0) is 20.4. The number of likely N-dealkylation sites (N-methyl/N-ethyl adjacent to an activating group) is 1. The Morgan fingerprint density at radius 2 is 1.86 bits per heavy atom. The number of nitrogens with one attached hydrogen (secondary N) is 1. The summed E-state index contributed by atoms with van der Waals surface area (Å²) in [6, 6.07) is 7.24. The van der Waals surface area contributed by atoms with Crippen LogP contribution < -0.4 is 10.1 Å². The molecule has 0 atom stereocenters. The molecule has 1 aromatic carbocycles. The third kappa shape index (κ3) is 8.04. The summed E-state index contributed by atoms with van der Waals surface area (Å²) in [5.74, 6) is 0.939. The van der Waals surface area contributed by atoms with E-state index >= 15 is 0 Å². The van der Waals surface area contributed by atoms with Crippen molar-refractivity contribution in [2.24, 2.45) is 0 Å². The van der Waals surface area contributed by atoms with Crippen LogP contribution in [-0.2, 0) is 9.59 Å². The number of halogens is 1. The highest BCUT2D eigenvalue weighted by Crippen LogP contribution is 2.15. The predicted octanol–water partition coefficient (Wildman–Crippen LogP) is 1.32. The van der Waals surface area contributed by atoms with E-state index in [2.05, 4.69) is 10.2 Å². The molecular weight excluding hydrogens is 380 g/mol. The molecule has 1 fully saturated rings. The van der Waals surface area contributed by atoms with Gasteiger partial charge in [0.25, 0.3) is 0 Å². The first-order valence-corrected chi connectivity index (χ1v) is 10.2. The average molecular weight is 411 g/mol. The lowest BCUT2D eigenvalue weighted by atomic mass is 10.3. The van der Waals surface area contributed by atoms with Gasteiger partial charge in [0.15, 0.2) is 0 Å². The Morgan fingerprint density at radius 1 is 1.18 bits per heavy atom. The molecule has 1 N–H and O–H groups in total. The van der Waals surface area contributed by atoms with Crippen LogP contribution in [0.5, 0.6) is 5.75 Å². The van der Waals surface area contributed by atoms with Gasteiger partial charge in [0.05, 0.1) is 13.1 Å². The summed E-state index contributed by atoms with van der Waals surface area (Å²) >= 11 is 5.85. The maximum absolute atomic E-state index is 12.5. The van der Waals surface area contributed by atoms with Crippen molar-refractivity contribution in [3.63, 3.8) is 0 Å². The fourth-order valence-electron chi connectivity index (χ4n) is 2.94. The van der Waals surface area contributed by atoms with Crippen molar-refractivity contribution in [3.8, 4) is 5.75 Å². The van der Waals surface area contributed by atoms with Crippen LogP contribution in [0.4, 0.5) is 0 Å². The number of hydrogen-bond acceptors (Lipinski definition) is 5. The second-order valence-corrected chi connectivity index (χ2v) is 7.48. The number of ether oxygens (including phenoxy) is 1. The molecule has 1 saturated heterocycles. The van der Waals surface area contributed by atoms with Gasteiger partial charge in [-0.25, -0.2) is 0 Å². The lowest BCUT2D eigenvalue weighted by Gasteiger charge is -2.35. The highest BCUT2D eigenvalue weighted by atomic mass is 35.5. The minimum atomic E-state index is 0.0575. The summed E-state index contributed by atoms with van der Waals surface area (Å²) in [5, 5.41) is 3.57. The van der Waals surface area contributed by atoms with Gasteiger partial charge in [0.1, 0.15) is 12.4 Å². The number of amides is 2. The molecule has 156 valence electrons. The molecule has 28 heavy (non-hydrogen) atoms. The summed E-state index contributed by atoms with van der Waals surface area (Å²) in [4.78, 5) is 30.2. The summed E-state index contributed by atoms with van der Waals surface area (Å²) in [6.45, 7) is 7.47. The summed E-state index contributed by atoms with van der Waals surface area (Å²) in [5.41, 5.74) is 0. The van der Waals surface area contributed by atoms with Crippen molar-refractivity contribution in [3.05, 3.63) is 29.3 Å².